The van der Waals surface area contributed by atoms with Crippen LogP contribution in [0.3, 0.4) is 0 Å². The van der Waals surface area contributed by atoms with Crippen LogP contribution in [-0.4, -0.2) is 23.5 Å². The largest absolute Gasteiger partial charge is 0.443 e. The normalized spacial score (nSPS) is 10.9. The maximum absolute atomic E-state index is 11.4. The quantitative estimate of drug-likeness (QED) is 0.576. The Morgan fingerprint density at radius 3 is 2.32 bits per heavy atom. The van der Waals surface area contributed by atoms with Gasteiger partial charge in [0, 0.05) is 6.54 Å². The van der Waals surface area contributed by atoms with Crippen molar-refractivity contribution < 1.29 is 14.3 Å². The van der Waals surface area contributed by atoms with Gasteiger partial charge in [-0.1, -0.05) is 32.6 Å². The van der Waals surface area contributed by atoms with Gasteiger partial charge in [0.2, 0.25) is 0 Å². The molecule has 6 heteroatoms. The number of hydrogen-bond donors (Lipinski definition) is 2. The zero-order chi connectivity index (χ0) is 14.7. The van der Waals surface area contributed by atoms with E-state index in [0.717, 1.165) is 24.8 Å². The van der Waals surface area contributed by atoms with Crippen LogP contribution in [0.15, 0.2) is 0 Å². The number of nitrogens with one attached hydrogen (secondary N) is 2. The zero-order valence-electron chi connectivity index (χ0n) is 12.4. The van der Waals surface area contributed by atoms with Crippen molar-refractivity contribution in [3.63, 3.8) is 0 Å². The van der Waals surface area contributed by atoms with Crippen LogP contribution in [0.2, 0.25) is 0 Å². The van der Waals surface area contributed by atoms with E-state index in [-0.39, 0.29) is 5.24 Å². The van der Waals surface area contributed by atoms with Crippen LogP contribution in [0.4, 0.5) is 9.59 Å². The van der Waals surface area contributed by atoms with Gasteiger partial charge in [-0.05, 0) is 27.2 Å². The predicted octanol–water partition coefficient (Wildman–Crippen LogP) is 3.84. The Bertz CT molecular complexity index is 278. The summed E-state index contributed by atoms with van der Waals surface area (Å²) in [4.78, 5) is 22.7. The standard InChI is InChI=1S/C13H26N2O3S/c1-5-6-7-8-9-10-14-12(17)19-15-11(16)18-13(2,3)4/h5-10H2,1-4H3,(H,14,17)(H,15,16). The van der Waals surface area contributed by atoms with Gasteiger partial charge < -0.3 is 10.1 Å². The highest BCUT2D eigenvalue weighted by molar-refractivity contribution is 8.12. The summed E-state index contributed by atoms with van der Waals surface area (Å²) in [7, 11) is 0. The molecule has 0 rings (SSSR count). The van der Waals surface area contributed by atoms with Crippen LogP contribution in [0.1, 0.15) is 59.8 Å². The number of ether oxygens (including phenoxy) is 1. The third kappa shape index (κ3) is 13.3. The van der Waals surface area contributed by atoms with Gasteiger partial charge >= 0.3 is 6.09 Å². The van der Waals surface area contributed by atoms with E-state index in [1.807, 2.05) is 0 Å². The third-order valence-electron chi connectivity index (χ3n) is 2.18. The number of unbranched alkanes of at least 4 members (excludes halogenated alkanes) is 4. The van der Waals surface area contributed by atoms with Crippen LogP contribution in [0.5, 0.6) is 0 Å². The minimum Gasteiger partial charge on any atom is -0.443 e. The Morgan fingerprint density at radius 1 is 1.11 bits per heavy atom. The number of hydrogen-bond acceptors (Lipinski definition) is 4. The van der Waals surface area contributed by atoms with Crippen LogP contribution in [0, 0.1) is 0 Å². The molecule has 0 bridgehead atoms. The van der Waals surface area contributed by atoms with Crippen molar-refractivity contribution in [3.05, 3.63) is 0 Å². The molecule has 0 radical (unpaired) electrons. The molecule has 19 heavy (non-hydrogen) atoms. The molecule has 2 N–H and O–H groups in total. The first kappa shape index (κ1) is 18.1. The van der Waals surface area contributed by atoms with E-state index in [1.54, 1.807) is 20.8 Å². The molecule has 0 aliphatic rings. The Hall–Kier alpha value is -0.910. The first-order valence-corrected chi connectivity index (χ1v) is 7.60. The molecule has 0 unspecified atom stereocenters. The highest BCUT2D eigenvalue weighted by atomic mass is 32.2. The molecule has 0 aromatic rings. The van der Waals surface area contributed by atoms with Gasteiger partial charge in [-0.3, -0.25) is 9.52 Å². The fourth-order valence-electron chi connectivity index (χ4n) is 1.34. The fraction of sp³-hybridized carbons (Fsp3) is 0.846. The maximum Gasteiger partial charge on any atom is 0.418 e. The summed E-state index contributed by atoms with van der Waals surface area (Å²) >= 11 is 0.719. The van der Waals surface area contributed by atoms with E-state index in [0.29, 0.717) is 6.54 Å². The summed E-state index contributed by atoms with van der Waals surface area (Å²) < 4.78 is 7.35. The first-order chi connectivity index (χ1) is 8.85. The summed E-state index contributed by atoms with van der Waals surface area (Å²) in [6.07, 6.45) is 5.15. The Kier molecular flexibility index (Phi) is 9.47. The highest BCUT2D eigenvalue weighted by Crippen LogP contribution is 2.08. The SMILES string of the molecule is CCCCCCCNC(=O)SNC(=O)OC(C)(C)C. The number of amides is 2. The summed E-state index contributed by atoms with van der Waals surface area (Å²) in [6, 6.07) is 0. The molecule has 0 aliphatic carbocycles. The van der Waals surface area contributed by atoms with E-state index in [1.165, 1.54) is 19.3 Å². The van der Waals surface area contributed by atoms with Crippen molar-refractivity contribution in [1.29, 1.82) is 0 Å². The molecule has 0 spiro atoms. The molecule has 2 amide bonds. The molecule has 112 valence electrons. The highest BCUT2D eigenvalue weighted by Gasteiger charge is 2.16. The lowest BCUT2D eigenvalue weighted by Gasteiger charge is -2.19. The van der Waals surface area contributed by atoms with Crippen molar-refractivity contribution in [1.82, 2.24) is 10.0 Å². The van der Waals surface area contributed by atoms with Crippen molar-refractivity contribution >= 4 is 23.3 Å². The van der Waals surface area contributed by atoms with Crippen LogP contribution in [0.25, 0.3) is 0 Å². The molecule has 0 aromatic carbocycles. The van der Waals surface area contributed by atoms with Crippen LogP contribution in [-0.2, 0) is 4.74 Å². The van der Waals surface area contributed by atoms with Crippen LogP contribution < -0.4 is 10.0 Å². The molecule has 0 atom stereocenters. The second-order valence-corrected chi connectivity index (χ2v) is 6.11. The Morgan fingerprint density at radius 2 is 1.74 bits per heavy atom. The lowest BCUT2D eigenvalue weighted by Crippen LogP contribution is -2.31. The van der Waals surface area contributed by atoms with Gasteiger partial charge in [-0.15, -0.1) is 0 Å². The van der Waals surface area contributed by atoms with Gasteiger partial charge in [0.1, 0.15) is 5.60 Å². The summed E-state index contributed by atoms with van der Waals surface area (Å²) in [5, 5.41) is 2.47. The third-order valence-corrected chi connectivity index (χ3v) is 2.77. The van der Waals surface area contributed by atoms with Gasteiger partial charge in [-0.2, -0.15) is 0 Å². The lowest BCUT2D eigenvalue weighted by atomic mass is 10.1. The second kappa shape index (κ2) is 9.95. The Balaban J connectivity index is 3.52. The second-order valence-electron chi connectivity index (χ2n) is 5.33. The number of carbonyl (C=O) groups is 2. The zero-order valence-corrected chi connectivity index (χ0v) is 13.2. The van der Waals surface area contributed by atoms with E-state index in [2.05, 4.69) is 17.0 Å². The minimum atomic E-state index is -0.601. The maximum atomic E-state index is 11.4. The fourth-order valence-corrected chi connectivity index (χ4v) is 1.73. The number of rotatable bonds is 6. The molecule has 0 heterocycles. The summed E-state index contributed by atoms with van der Waals surface area (Å²) in [5.41, 5.74) is -0.555. The minimum absolute atomic E-state index is 0.263. The van der Waals surface area contributed by atoms with Crippen LogP contribution >= 0.6 is 11.9 Å². The van der Waals surface area contributed by atoms with Gasteiger partial charge in [0.05, 0.1) is 11.9 Å². The van der Waals surface area contributed by atoms with Crippen molar-refractivity contribution in [2.24, 2.45) is 0 Å². The summed E-state index contributed by atoms with van der Waals surface area (Å²) in [6.45, 7) is 8.13. The van der Waals surface area contributed by atoms with Crippen molar-refractivity contribution in [2.75, 3.05) is 6.54 Å². The summed E-state index contributed by atoms with van der Waals surface area (Å²) in [5.74, 6) is 0. The monoisotopic (exact) mass is 290 g/mol. The molecule has 0 saturated heterocycles. The lowest BCUT2D eigenvalue weighted by molar-refractivity contribution is 0.0574. The average Bonchev–Trinajstić information content (AvgIpc) is 2.29. The van der Waals surface area contributed by atoms with Crippen molar-refractivity contribution in [2.45, 2.75) is 65.4 Å². The van der Waals surface area contributed by atoms with E-state index in [9.17, 15) is 9.59 Å². The first-order valence-electron chi connectivity index (χ1n) is 6.79. The van der Waals surface area contributed by atoms with Gasteiger partial charge in [0.25, 0.3) is 5.24 Å². The number of carbonyl (C=O) groups excluding carboxylic acids is 2. The van der Waals surface area contributed by atoms with E-state index in [4.69, 9.17) is 4.74 Å². The molecular formula is C13H26N2O3S. The van der Waals surface area contributed by atoms with E-state index >= 15 is 0 Å². The average molecular weight is 290 g/mol. The molecule has 5 nitrogen and oxygen atoms in total. The topological polar surface area (TPSA) is 67.4 Å². The van der Waals surface area contributed by atoms with E-state index < -0.39 is 11.7 Å². The molecular weight excluding hydrogens is 264 g/mol. The molecule has 0 fully saturated rings. The molecule has 0 aromatic heterocycles. The smallest absolute Gasteiger partial charge is 0.418 e. The predicted molar refractivity (Wildman–Crippen MR) is 79.1 cm³/mol. The molecule has 0 aliphatic heterocycles. The Labute approximate surface area is 120 Å². The van der Waals surface area contributed by atoms with Crippen molar-refractivity contribution in [3.8, 4) is 0 Å². The van der Waals surface area contributed by atoms with Gasteiger partial charge in [-0.25, -0.2) is 4.79 Å². The van der Waals surface area contributed by atoms with Gasteiger partial charge in [0.15, 0.2) is 0 Å². The molecule has 0 saturated carbocycles.